The molecule has 3 rings (SSSR count). The molecule has 1 saturated heterocycles. The van der Waals surface area contributed by atoms with Crippen LogP contribution in [0, 0.1) is 0 Å². The molecule has 0 radical (unpaired) electrons. The number of aromatic nitrogens is 1. The number of hydrogen-bond acceptors (Lipinski definition) is 2. The Bertz CT molecular complexity index is 595. The molecule has 0 atom stereocenters. The van der Waals surface area contributed by atoms with Crippen LogP contribution in [0.25, 0.3) is 17.0 Å². The molecule has 0 amide bonds. The fraction of sp³-hybridized carbons (Fsp3) is 0.353. The van der Waals surface area contributed by atoms with Gasteiger partial charge in [-0.05, 0) is 44.4 Å². The van der Waals surface area contributed by atoms with E-state index >= 15 is 0 Å². The number of para-hydroxylation sites is 1. The Labute approximate surface area is 114 Å². The number of rotatable bonds is 2. The van der Waals surface area contributed by atoms with E-state index in [1.807, 2.05) is 6.07 Å². The van der Waals surface area contributed by atoms with Crippen molar-refractivity contribution in [3.63, 3.8) is 0 Å². The summed E-state index contributed by atoms with van der Waals surface area (Å²) >= 11 is 0. The van der Waals surface area contributed by atoms with Crippen molar-refractivity contribution in [2.75, 3.05) is 13.1 Å². The van der Waals surface area contributed by atoms with Gasteiger partial charge < -0.3 is 4.90 Å². The predicted molar refractivity (Wildman–Crippen MR) is 80.8 cm³/mol. The van der Waals surface area contributed by atoms with Crippen LogP contribution >= 0.6 is 0 Å². The Morgan fingerprint density at radius 2 is 1.84 bits per heavy atom. The molecule has 2 nitrogen and oxygen atoms in total. The Morgan fingerprint density at radius 3 is 2.68 bits per heavy atom. The summed E-state index contributed by atoms with van der Waals surface area (Å²) in [5.41, 5.74) is 3.46. The molecule has 19 heavy (non-hydrogen) atoms. The highest BCUT2D eigenvalue weighted by Crippen LogP contribution is 2.18. The normalized spacial score (nSPS) is 16.9. The molecule has 1 aromatic carbocycles. The van der Waals surface area contributed by atoms with Crippen LogP contribution < -0.4 is 0 Å². The summed E-state index contributed by atoms with van der Waals surface area (Å²) in [6.07, 6.45) is 6.21. The number of allylic oxidation sites excluding steroid dienone is 1. The quantitative estimate of drug-likeness (QED) is 0.800. The molecule has 1 fully saturated rings. The molecule has 1 aromatic heterocycles. The number of nitrogens with zero attached hydrogens (tertiary/aromatic N) is 2. The zero-order valence-corrected chi connectivity index (χ0v) is 11.5. The first-order chi connectivity index (χ1) is 9.33. The number of benzene rings is 1. The largest absolute Gasteiger partial charge is 0.375 e. The maximum atomic E-state index is 4.71. The molecule has 0 unspecified atom stereocenters. The van der Waals surface area contributed by atoms with Gasteiger partial charge in [0.1, 0.15) is 0 Å². The number of piperidine rings is 1. The molecular formula is C17H20N2. The first-order valence-corrected chi connectivity index (χ1v) is 7.12. The Hall–Kier alpha value is -1.83. The minimum atomic E-state index is 1.06. The number of hydrogen-bond donors (Lipinski definition) is 0. The van der Waals surface area contributed by atoms with Crippen molar-refractivity contribution < 1.29 is 0 Å². The summed E-state index contributed by atoms with van der Waals surface area (Å²) in [6, 6.07) is 12.5. The second kappa shape index (κ2) is 5.43. The maximum absolute atomic E-state index is 4.71. The molecule has 2 aromatic rings. The van der Waals surface area contributed by atoms with Gasteiger partial charge in [-0.2, -0.15) is 0 Å². The van der Waals surface area contributed by atoms with Crippen molar-refractivity contribution in [1.82, 2.24) is 9.88 Å². The van der Waals surface area contributed by atoms with E-state index in [1.54, 1.807) is 0 Å². The van der Waals surface area contributed by atoms with Crippen LogP contribution in [0.5, 0.6) is 0 Å². The van der Waals surface area contributed by atoms with Crippen LogP contribution in [0.1, 0.15) is 31.9 Å². The summed E-state index contributed by atoms with van der Waals surface area (Å²) in [6.45, 7) is 4.58. The average molecular weight is 252 g/mol. The van der Waals surface area contributed by atoms with Crippen molar-refractivity contribution in [2.45, 2.75) is 26.2 Å². The lowest BCUT2D eigenvalue weighted by Gasteiger charge is -2.29. The van der Waals surface area contributed by atoms with Gasteiger partial charge in [-0.1, -0.05) is 24.3 Å². The van der Waals surface area contributed by atoms with E-state index < -0.39 is 0 Å². The summed E-state index contributed by atoms with van der Waals surface area (Å²) in [4.78, 5) is 7.18. The van der Waals surface area contributed by atoms with Gasteiger partial charge in [0.25, 0.3) is 0 Å². The molecule has 0 spiro atoms. The third-order valence-electron chi connectivity index (χ3n) is 3.83. The SMILES string of the molecule is C/C(=C\c1ccc2ccccc2n1)N1CCCCC1. The molecule has 2 heteroatoms. The van der Waals surface area contributed by atoms with Crippen molar-refractivity contribution >= 4 is 17.0 Å². The highest BCUT2D eigenvalue weighted by Gasteiger charge is 2.10. The second-order valence-corrected chi connectivity index (χ2v) is 5.26. The lowest BCUT2D eigenvalue weighted by molar-refractivity contribution is 0.288. The van der Waals surface area contributed by atoms with Crippen molar-refractivity contribution in [2.24, 2.45) is 0 Å². The summed E-state index contributed by atoms with van der Waals surface area (Å²) in [7, 11) is 0. The fourth-order valence-corrected chi connectivity index (χ4v) is 2.71. The van der Waals surface area contributed by atoms with Crippen LogP contribution in [0.2, 0.25) is 0 Å². The summed E-state index contributed by atoms with van der Waals surface area (Å²) in [5.74, 6) is 0. The first-order valence-electron chi connectivity index (χ1n) is 7.12. The van der Waals surface area contributed by atoms with E-state index in [4.69, 9.17) is 4.98 Å². The van der Waals surface area contributed by atoms with Crippen molar-refractivity contribution in [3.8, 4) is 0 Å². The molecule has 1 aliphatic heterocycles. The lowest BCUT2D eigenvalue weighted by Crippen LogP contribution is -2.27. The number of fused-ring (bicyclic) bond motifs is 1. The lowest BCUT2D eigenvalue weighted by atomic mass is 10.1. The van der Waals surface area contributed by atoms with E-state index in [1.165, 1.54) is 43.4 Å². The molecule has 0 saturated carbocycles. The van der Waals surface area contributed by atoms with Gasteiger partial charge in [-0.15, -0.1) is 0 Å². The maximum Gasteiger partial charge on any atom is 0.0709 e. The van der Waals surface area contributed by atoms with Gasteiger partial charge in [0.2, 0.25) is 0 Å². The fourth-order valence-electron chi connectivity index (χ4n) is 2.71. The zero-order valence-electron chi connectivity index (χ0n) is 11.5. The van der Waals surface area contributed by atoms with Crippen LogP contribution in [0.4, 0.5) is 0 Å². The van der Waals surface area contributed by atoms with E-state index in [0.29, 0.717) is 0 Å². The van der Waals surface area contributed by atoms with E-state index in [9.17, 15) is 0 Å². The smallest absolute Gasteiger partial charge is 0.0709 e. The zero-order chi connectivity index (χ0) is 13.1. The molecule has 0 N–H and O–H groups in total. The number of pyridine rings is 1. The average Bonchev–Trinajstić information content (AvgIpc) is 2.48. The molecule has 98 valence electrons. The van der Waals surface area contributed by atoms with Gasteiger partial charge in [-0.25, -0.2) is 4.98 Å². The number of likely N-dealkylation sites (tertiary alicyclic amines) is 1. The minimum absolute atomic E-state index is 1.06. The van der Waals surface area contributed by atoms with Gasteiger partial charge in [0.15, 0.2) is 0 Å². The Kier molecular flexibility index (Phi) is 3.49. The van der Waals surface area contributed by atoms with Crippen LogP contribution in [0.15, 0.2) is 42.1 Å². The third kappa shape index (κ3) is 2.78. The topological polar surface area (TPSA) is 16.1 Å². The van der Waals surface area contributed by atoms with E-state index in [0.717, 1.165) is 11.2 Å². The minimum Gasteiger partial charge on any atom is -0.375 e. The van der Waals surface area contributed by atoms with Crippen LogP contribution in [-0.4, -0.2) is 23.0 Å². The Balaban J connectivity index is 1.86. The van der Waals surface area contributed by atoms with Crippen molar-refractivity contribution in [1.29, 1.82) is 0 Å². The summed E-state index contributed by atoms with van der Waals surface area (Å²) < 4.78 is 0. The standard InChI is InChI=1S/C17H20N2/c1-14(19-11-5-2-6-12-19)13-16-10-9-15-7-3-4-8-17(15)18-16/h3-4,7-10,13H,2,5-6,11-12H2,1H3/b14-13+. The third-order valence-corrected chi connectivity index (χ3v) is 3.83. The molecular weight excluding hydrogens is 232 g/mol. The monoisotopic (exact) mass is 252 g/mol. The highest BCUT2D eigenvalue weighted by molar-refractivity contribution is 5.79. The highest BCUT2D eigenvalue weighted by atomic mass is 15.1. The predicted octanol–water partition coefficient (Wildman–Crippen LogP) is 4.08. The van der Waals surface area contributed by atoms with E-state index in [2.05, 4.69) is 48.2 Å². The van der Waals surface area contributed by atoms with Gasteiger partial charge in [0, 0.05) is 24.2 Å². The van der Waals surface area contributed by atoms with Gasteiger partial charge in [-0.3, -0.25) is 0 Å². The van der Waals surface area contributed by atoms with Crippen molar-refractivity contribution in [3.05, 3.63) is 47.8 Å². The molecule has 1 aliphatic rings. The Morgan fingerprint density at radius 1 is 1.05 bits per heavy atom. The second-order valence-electron chi connectivity index (χ2n) is 5.26. The molecule has 2 heterocycles. The molecule has 0 bridgehead atoms. The molecule has 0 aliphatic carbocycles. The van der Waals surface area contributed by atoms with Gasteiger partial charge >= 0.3 is 0 Å². The van der Waals surface area contributed by atoms with Crippen LogP contribution in [0.3, 0.4) is 0 Å². The first kappa shape index (κ1) is 12.2. The van der Waals surface area contributed by atoms with Gasteiger partial charge in [0.05, 0.1) is 11.2 Å². The summed E-state index contributed by atoms with van der Waals surface area (Å²) in [5, 5.41) is 1.20. The van der Waals surface area contributed by atoms with Crippen LogP contribution in [-0.2, 0) is 0 Å². The van der Waals surface area contributed by atoms with E-state index in [-0.39, 0.29) is 0 Å².